The average Bonchev–Trinajstić information content (AvgIpc) is 2.39. The van der Waals surface area contributed by atoms with Gasteiger partial charge in [-0.3, -0.25) is 9.59 Å². The van der Waals surface area contributed by atoms with Crippen molar-refractivity contribution in [2.75, 3.05) is 6.61 Å². The second-order valence-electron chi connectivity index (χ2n) is 6.84. The summed E-state index contributed by atoms with van der Waals surface area (Å²) in [5, 5.41) is 2.97. The molecule has 1 rings (SSSR count). The molecule has 0 bridgehead atoms. The topological polar surface area (TPSA) is 55.4 Å². The van der Waals surface area contributed by atoms with E-state index in [0.717, 1.165) is 10.0 Å². The summed E-state index contributed by atoms with van der Waals surface area (Å²) >= 11 is 3.40. The SMILES string of the molecule is CCOC(=O)C[C@@H](Cc1ccc(Br)cc1)NC(=O)CC(C)(C)C. The molecule has 1 atom stereocenters. The fourth-order valence-electron chi connectivity index (χ4n) is 2.26. The molecular formula is C18H26BrNO3. The van der Waals surface area contributed by atoms with E-state index in [1.54, 1.807) is 6.92 Å². The molecular weight excluding hydrogens is 358 g/mol. The van der Waals surface area contributed by atoms with Gasteiger partial charge in [-0.15, -0.1) is 0 Å². The molecule has 0 radical (unpaired) electrons. The lowest BCUT2D eigenvalue weighted by molar-refractivity contribution is -0.143. The maximum Gasteiger partial charge on any atom is 0.307 e. The third kappa shape index (κ3) is 8.74. The van der Waals surface area contributed by atoms with Crippen molar-refractivity contribution in [1.82, 2.24) is 5.32 Å². The van der Waals surface area contributed by atoms with Gasteiger partial charge in [0.1, 0.15) is 0 Å². The molecule has 0 aliphatic rings. The van der Waals surface area contributed by atoms with Gasteiger partial charge in [-0.05, 0) is 36.5 Å². The Bertz CT molecular complexity index is 520. The highest BCUT2D eigenvalue weighted by Gasteiger charge is 2.21. The van der Waals surface area contributed by atoms with Gasteiger partial charge in [-0.1, -0.05) is 48.8 Å². The van der Waals surface area contributed by atoms with Crippen LogP contribution < -0.4 is 5.32 Å². The third-order valence-electron chi connectivity index (χ3n) is 3.17. The van der Waals surface area contributed by atoms with Crippen LogP contribution in [0, 0.1) is 5.41 Å². The maximum atomic E-state index is 12.2. The second-order valence-corrected chi connectivity index (χ2v) is 7.76. The van der Waals surface area contributed by atoms with E-state index in [0.29, 0.717) is 19.4 Å². The smallest absolute Gasteiger partial charge is 0.307 e. The molecule has 128 valence electrons. The summed E-state index contributed by atoms with van der Waals surface area (Å²) in [5.41, 5.74) is 0.981. The monoisotopic (exact) mass is 383 g/mol. The largest absolute Gasteiger partial charge is 0.466 e. The summed E-state index contributed by atoms with van der Waals surface area (Å²) in [4.78, 5) is 24.0. The molecule has 0 aliphatic heterocycles. The van der Waals surface area contributed by atoms with Gasteiger partial charge in [-0.2, -0.15) is 0 Å². The van der Waals surface area contributed by atoms with E-state index in [-0.39, 0.29) is 29.8 Å². The van der Waals surface area contributed by atoms with Gasteiger partial charge in [0.15, 0.2) is 0 Å². The summed E-state index contributed by atoms with van der Waals surface area (Å²) in [6, 6.07) is 7.61. The van der Waals surface area contributed by atoms with Crippen molar-refractivity contribution in [2.45, 2.75) is 53.0 Å². The Morgan fingerprint density at radius 1 is 1.22 bits per heavy atom. The summed E-state index contributed by atoms with van der Waals surface area (Å²) in [7, 11) is 0. The van der Waals surface area contributed by atoms with E-state index in [9.17, 15) is 9.59 Å². The maximum absolute atomic E-state index is 12.2. The zero-order chi connectivity index (χ0) is 17.5. The van der Waals surface area contributed by atoms with Crippen LogP contribution in [0.4, 0.5) is 0 Å². The van der Waals surface area contributed by atoms with Crippen LogP contribution in [-0.2, 0) is 20.7 Å². The van der Waals surface area contributed by atoms with Crippen LogP contribution in [0.1, 0.15) is 46.1 Å². The van der Waals surface area contributed by atoms with Crippen molar-refractivity contribution < 1.29 is 14.3 Å². The highest BCUT2D eigenvalue weighted by molar-refractivity contribution is 9.10. The van der Waals surface area contributed by atoms with Gasteiger partial charge < -0.3 is 10.1 Å². The highest BCUT2D eigenvalue weighted by atomic mass is 79.9. The summed E-state index contributed by atoms with van der Waals surface area (Å²) in [6.45, 7) is 8.17. The van der Waals surface area contributed by atoms with Crippen molar-refractivity contribution in [3.63, 3.8) is 0 Å². The Balaban J connectivity index is 2.73. The second kappa shape index (κ2) is 9.06. The van der Waals surface area contributed by atoms with Gasteiger partial charge in [-0.25, -0.2) is 0 Å². The normalized spacial score (nSPS) is 12.6. The third-order valence-corrected chi connectivity index (χ3v) is 3.70. The van der Waals surface area contributed by atoms with Crippen molar-refractivity contribution in [3.05, 3.63) is 34.3 Å². The zero-order valence-corrected chi connectivity index (χ0v) is 15.9. The molecule has 0 heterocycles. The molecule has 1 aromatic rings. The lowest BCUT2D eigenvalue weighted by Gasteiger charge is -2.22. The average molecular weight is 384 g/mol. The van der Waals surface area contributed by atoms with E-state index in [1.807, 2.05) is 45.0 Å². The number of rotatable bonds is 7. The molecule has 0 saturated carbocycles. The number of hydrogen-bond donors (Lipinski definition) is 1. The number of ether oxygens (including phenoxy) is 1. The molecule has 23 heavy (non-hydrogen) atoms. The number of carbonyl (C=O) groups is 2. The van der Waals surface area contributed by atoms with E-state index in [2.05, 4.69) is 21.2 Å². The first-order chi connectivity index (χ1) is 10.7. The fraction of sp³-hybridized carbons (Fsp3) is 0.556. The molecule has 1 aromatic carbocycles. The van der Waals surface area contributed by atoms with Gasteiger partial charge in [0.25, 0.3) is 0 Å². The molecule has 0 fully saturated rings. The minimum atomic E-state index is -0.286. The van der Waals surface area contributed by atoms with Crippen molar-refractivity contribution >= 4 is 27.8 Å². The molecule has 5 heteroatoms. The molecule has 1 amide bonds. The first-order valence-electron chi connectivity index (χ1n) is 7.89. The predicted octanol–water partition coefficient (Wildman–Crippen LogP) is 3.87. The number of hydrogen-bond acceptors (Lipinski definition) is 3. The number of halogens is 1. The van der Waals surface area contributed by atoms with Gasteiger partial charge in [0.05, 0.1) is 13.0 Å². The Morgan fingerprint density at radius 2 is 1.83 bits per heavy atom. The first kappa shape index (κ1) is 19.7. The van der Waals surface area contributed by atoms with Crippen molar-refractivity contribution in [2.24, 2.45) is 5.41 Å². The quantitative estimate of drug-likeness (QED) is 0.727. The summed E-state index contributed by atoms with van der Waals surface area (Å²) in [5.74, 6) is -0.324. The molecule has 0 unspecified atom stereocenters. The van der Waals surface area contributed by atoms with Gasteiger partial charge >= 0.3 is 5.97 Å². The molecule has 0 aromatic heterocycles. The van der Waals surface area contributed by atoms with Crippen LogP contribution in [0.15, 0.2) is 28.7 Å². The Hall–Kier alpha value is -1.36. The number of nitrogens with one attached hydrogen (secondary N) is 1. The van der Waals surface area contributed by atoms with E-state index in [1.165, 1.54) is 0 Å². The van der Waals surface area contributed by atoms with Crippen LogP contribution >= 0.6 is 15.9 Å². The van der Waals surface area contributed by atoms with E-state index < -0.39 is 0 Å². The minimum Gasteiger partial charge on any atom is -0.466 e. The lowest BCUT2D eigenvalue weighted by Crippen LogP contribution is -2.39. The van der Waals surface area contributed by atoms with Gasteiger partial charge in [0, 0.05) is 16.9 Å². The van der Waals surface area contributed by atoms with E-state index >= 15 is 0 Å². The Morgan fingerprint density at radius 3 is 2.35 bits per heavy atom. The van der Waals surface area contributed by atoms with Crippen LogP contribution in [0.2, 0.25) is 0 Å². The predicted molar refractivity (Wildman–Crippen MR) is 95.1 cm³/mol. The fourth-order valence-corrected chi connectivity index (χ4v) is 2.53. The zero-order valence-electron chi connectivity index (χ0n) is 14.3. The number of benzene rings is 1. The summed E-state index contributed by atoms with van der Waals surface area (Å²) in [6.07, 6.45) is 1.20. The minimum absolute atomic E-state index is 0.0380. The van der Waals surface area contributed by atoms with Gasteiger partial charge in [0.2, 0.25) is 5.91 Å². The van der Waals surface area contributed by atoms with Crippen LogP contribution in [0.3, 0.4) is 0 Å². The number of carbonyl (C=O) groups excluding carboxylic acids is 2. The molecule has 0 spiro atoms. The highest BCUT2D eigenvalue weighted by Crippen LogP contribution is 2.19. The molecule has 4 nitrogen and oxygen atoms in total. The van der Waals surface area contributed by atoms with Crippen molar-refractivity contribution in [3.8, 4) is 0 Å². The molecule has 1 N–H and O–H groups in total. The van der Waals surface area contributed by atoms with Crippen LogP contribution in [0.25, 0.3) is 0 Å². The molecule has 0 aliphatic carbocycles. The first-order valence-corrected chi connectivity index (χ1v) is 8.68. The Labute approximate surface area is 147 Å². The number of amides is 1. The van der Waals surface area contributed by atoms with Crippen LogP contribution in [-0.4, -0.2) is 24.5 Å². The Kier molecular flexibility index (Phi) is 7.76. The molecule has 0 saturated heterocycles. The number of esters is 1. The van der Waals surface area contributed by atoms with E-state index in [4.69, 9.17) is 4.74 Å². The standard InChI is InChI=1S/C18H26BrNO3/c1-5-23-17(22)11-15(20-16(21)12-18(2,3)4)10-13-6-8-14(19)9-7-13/h6-9,15H,5,10-12H2,1-4H3,(H,20,21)/t15-/m1/s1. The van der Waals surface area contributed by atoms with Crippen molar-refractivity contribution in [1.29, 1.82) is 0 Å². The van der Waals surface area contributed by atoms with Crippen LogP contribution in [0.5, 0.6) is 0 Å². The lowest BCUT2D eigenvalue weighted by atomic mass is 9.91. The summed E-state index contributed by atoms with van der Waals surface area (Å²) < 4.78 is 6.01.